The van der Waals surface area contributed by atoms with Crippen molar-refractivity contribution in [3.8, 4) is 5.75 Å². The number of aryl methyl sites for hydroxylation is 2. The molecule has 6 nitrogen and oxygen atoms in total. The molecule has 3 rings (SSSR count). The van der Waals surface area contributed by atoms with E-state index in [9.17, 15) is 14.4 Å². The molecule has 2 aromatic rings. The highest BCUT2D eigenvalue weighted by Gasteiger charge is 2.36. The topological polar surface area (TPSA) is 72.9 Å². The van der Waals surface area contributed by atoms with Crippen molar-refractivity contribution in [2.24, 2.45) is 5.92 Å². The van der Waals surface area contributed by atoms with Crippen LogP contribution in [0.2, 0.25) is 0 Å². The Morgan fingerprint density at radius 3 is 2.26 bits per heavy atom. The van der Waals surface area contributed by atoms with Crippen LogP contribution >= 0.6 is 0 Å². The Hall–Kier alpha value is -3.15. The van der Waals surface area contributed by atoms with Crippen molar-refractivity contribution in [1.82, 2.24) is 0 Å². The van der Waals surface area contributed by atoms with Gasteiger partial charge >= 0.3 is 11.9 Å². The fraction of sp³-hybridized carbons (Fsp3) is 0.286. The van der Waals surface area contributed by atoms with Crippen LogP contribution in [0.5, 0.6) is 5.75 Å². The van der Waals surface area contributed by atoms with Gasteiger partial charge in [0.15, 0.2) is 0 Å². The van der Waals surface area contributed by atoms with Crippen LogP contribution in [0.15, 0.2) is 42.5 Å². The summed E-state index contributed by atoms with van der Waals surface area (Å²) in [6, 6.07) is 12.0. The summed E-state index contributed by atoms with van der Waals surface area (Å²) in [5.41, 5.74) is 3.30. The summed E-state index contributed by atoms with van der Waals surface area (Å²) in [5.74, 6) is -1.22. The molecule has 140 valence electrons. The highest BCUT2D eigenvalue weighted by Crippen LogP contribution is 2.28. The number of ether oxygens (including phenoxy) is 2. The number of nitrogens with zero attached hydrogens (tertiary/aromatic N) is 1. The minimum absolute atomic E-state index is 0.0945. The van der Waals surface area contributed by atoms with Crippen molar-refractivity contribution in [2.75, 3.05) is 18.6 Å². The summed E-state index contributed by atoms with van der Waals surface area (Å²) >= 11 is 0. The quantitative estimate of drug-likeness (QED) is 0.613. The maximum atomic E-state index is 12.5. The minimum atomic E-state index is -0.529. The first-order valence-electron chi connectivity index (χ1n) is 8.66. The zero-order valence-corrected chi connectivity index (χ0v) is 15.5. The maximum Gasteiger partial charge on any atom is 0.337 e. The average molecular weight is 367 g/mol. The van der Waals surface area contributed by atoms with Crippen LogP contribution in [0, 0.1) is 19.8 Å². The number of hydrogen-bond donors (Lipinski definition) is 0. The first-order chi connectivity index (χ1) is 12.9. The highest BCUT2D eigenvalue weighted by molar-refractivity contribution is 5.99. The average Bonchev–Trinajstić information content (AvgIpc) is 3.03. The Morgan fingerprint density at radius 2 is 1.67 bits per heavy atom. The third kappa shape index (κ3) is 4.16. The van der Waals surface area contributed by atoms with E-state index in [1.165, 1.54) is 31.4 Å². The van der Waals surface area contributed by atoms with Crippen molar-refractivity contribution in [3.05, 3.63) is 59.2 Å². The molecule has 1 atom stereocenters. The number of methoxy groups -OCH3 is 1. The molecule has 2 aromatic carbocycles. The lowest BCUT2D eigenvalue weighted by molar-refractivity contribution is -0.139. The molecule has 1 heterocycles. The van der Waals surface area contributed by atoms with Crippen molar-refractivity contribution >= 4 is 23.5 Å². The lowest BCUT2D eigenvalue weighted by Crippen LogP contribution is -2.27. The molecule has 0 radical (unpaired) electrons. The predicted octanol–water partition coefficient (Wildman–Crippen LogP) is 3.05. The number of hydrogen-bond acceptors (Lipinski definition) is 5. The fourth-order valence-corrected chi connectivity index (χ4v) is 3.20. The molecule has 0 unspecified atom stereocenters. The van der Waals surface area contributed by atoms with E-state index in [4.69, 9.17) is 4.74 Å². The van der Waals surface area contributed by atoms with E-state index in [1.54, 1.807) is 4.90 Å². The molecule has 1 aliphatic rings. The molecule has 0 N–H and O–H groups in total. The number of carbonyl (C=O) groups excluding carboxylic acids is 3. The molecule has 27 heavy (non-hydrogen) atoms. The normalized spacial score (nSPS) is 16.3. The van der Waals surface area contributed by atoms with Crippen LogP contribution in [0.3, 0.4) is 0 Å². The molecule has 0 aromatic heterocycles. The lowest BCUT2D eigenvalue weighted by atomic mass is 10.1. The van der Waals surface area contributed by atoms with Gasteiger partial charge in [0.2, 0.25) is 5.91 Å². The van der Waals surface area contributed by atoms with Crippen molar-refractivity contribution < 1.29 is 23.9 Å². The van der Waals surface area contributed by atoms with Gasteiger partial charge in [0.25, 0.3) is 0 Å². The van der Waals surface area contributed by atoms with E-state index in [0.717, 1.165) is 16.8 Å². The zero-order valence-electron chi connectivity index (χ0n) is 15.5. The van der Waals surface area contributed by atoms with Crippen LogP contribution in [-0.4, -0.2) is 31.5 Å². The fourth-order valence-electron chi connectivity index (χ4n) is 3.20. The summed E-state index contributed by atoms with van der Waals surface area (Å²) < 4.78 is 10.0. The molecule has 0 saturated carbocycles. The van der Waals surface area contributed by atoms with Crippen molar-refractivity contribution in [1.29, 1.82) is 0 Å². The van der Waals surface area contributed by atoms with Gasteiger partial charge in [0.1, 0.15) is 5.75 Å². The van der Waals surface area contributed by atoms with Gasteiger partial charge in [0, 0.05) is 18.7 Å². The van der Waals surface area contributed by atoms with E-state index in [-0.39, 0.29) is 12.3 Å². The second kappa shape index (κ2) is 7.61. The molecule has 6 heteroatoms. The van der Waals surface area contributed by atoms with Gasteiger partial charge in [-0.05, 0) is 61.4 Å². The Labute approximate surface area is 157 Å². The summed E-state index contributed by atoms with van der Waals surface area (Å²) in [7, 11) is 1.30. The van der Waals surface area contributed by atoms with Crippen LogP contribution in [0.1, 0.15) is 27.9 Å². The maximum absolute atomic E-state index is 12.5. The monoisotopic (exact) mass is 367 g/mol. The molecular formula is C21H21NO5. The second-order valence-corrected chi connectivity index (χ2v) is 6.69. The minimum Gasteiger partial charge on any atom is -0.465 e. The third-order valence-electron chi connectivity index (χ3n) is 4.47. The first kappa shape index (κ1) is 18.6. The number of rotatable bonds is 4. The number of carbonyl (C=O) groups is 3. The number of anilines is 1. The first-order valence-corrected chi connectivity index (χ1v) is 8.66. The van der Waals surface area contributed by atoms with Gasteiger partial charge in [-0.1, -0.05) is 6.07 Å². The summed E-state index contributed by atoms with van der Waals surface area (Å²) in [5, 5.41) is 0. The smallest absolute Gasteiger partial charge is 0.337 e. The summed E-state index contributed by atoms with van der Waals surface area (Å²) in [6.07, 6.45) is 0.117. The SMILES string of the molecule is COC(=O)c1ccc(OC(=O)[C@@H]2CC(=O)N(c3cc(C)cc(C)c3)C2)cc1. The summed E-state index contributed by atoms with van der Waals surface area (Å²) in [6.45, 7) is 4.24. The molecule has 0 aliphatic carbocycles. The molecule has 1 fully saturated rings. The number of benzene rings is 2. The van der Waals surface area contributed by atoms with Crippen LogP contribution in [0.25, 0.3) is 0 Å². The van der Waals surface area contributed by atoms with Gasteiger partial charge in [-0.25, -0.2) is 4.79 Å². The Balaban J connectivity index is 1.67. The third-order valence-corrected chi connectivity index (χ3v) is 4.47. The Bertz CT molecular complexity index is 868. The molecule has 1 saturated heterocycles. The molecule has 0 bridgehead atoms. The van der Waals surface area contributed by atoms with Crippen molar-refractivity contribution in [2.45, 2.75) is 20.3 Å². The van der Waals surface area contributed by atoms with Gasteiger partial charge in [-0.15, -0.1) is 0 Å². The Kier molecular flexibility index (Phi) is 5.26. The zero-order chi connectivity index (χ0) is 19.6. The number of esters is 2. The van der Waals surface area contributed by atoms with Crippen LogP contribution < -0.4 is 9.64 Å². The largest absolute Gasteiger partial charge is 0.465 e. The number of amides is 1. The van der Waals surface area contributed by atoms with Gasteiger partial charge in [-0.3, -0.25) is 9.59 Å². The van der Waals surface area contributed by atoms with E-state index in [2.05, 4.69) is 4.74 Å². The Morgan fingerprint density at radius 1 is 1.04 bits per heavy atom. The van der Waals surface area contributed by atoms with E-state index in [1.807, 2.05) is 32.0 Å². The standard InChI is InChI=1S/C21H21NO5/c1-13-8-14(2)10-17(9-13)22-12-16(11-19(22)23)21(25)27-18-6-4-15(5-7-18)20(24)26-3/h4-10,16H,11-12H2,1-3H3/t16-/m1/s1. The van der Waals surface area contributed by atoms with E-state index >= 15 is 0 Å². The highest BCUT2D eigenvalue weighted by atomic mass is 16.5. The molecule has 1 amide bonds. The predicted molar refractivity (Wildman–Crippen MR) is 99.8 cm³/mol. The van der Waals surface area contributed by atoms with Crippen LogP contribution in [-0.2, 0) is 14.3 Å². The van der Waals surface area contributed by atoms with Gasteiger partial charge < -0.3 is 14.4 Å². The summed E-state index contributed by atoms with van der Waals surface area (Å²) in [4.78, 5) is 37.9. The molecular weight excluding hydrogens is 346 g/mol. The van der Waals surface area contributed by atoms with Gasteiger partial charge in [0.05, 0.1) is 18.6 Å². The second-order valence-electron chi connectivity index (χ2n) is 6.69. The van der Waals surface area contributed by atoms with Crippen LogP contribution in [0.4, 0.5) is 5.69 Å². The lowest BCUT2D eigenvalue weighted by Gasteiger charge is -2.18. The van der Waals surface area contributed by atoms with E-state index in [0.29, 0.717) is 17.9 Å². The van der Waals surface area contributed by atoms with E-state index < -0.39 is 17.9 Å². The van der Waals surface area contributed by atoms with Crippen molar-refractivity contribution in [3.63, 3.8) is 0 Å². The molecule has 0 spiro atoms. The van der Waals surface area contributed by atoms with Gasteiger partial charge in [-0.2, -0.15) is 0 Å². The molecule has 1 aliphatic heterocycles.